The molecule has 13 heavy (non-hydrogen) atoms. The van der Waals surface area contributed by atoms with Crippen molar-refractivity contribution in [1.82, 2.24) is 4.98 Å². The maximum atomic E-state index is 11.0. The molecule has 5 heteroatoms. The van der Waals surface area contributed by atoms with Gasteiger partial charge in [-0.3, -0.25) is 4.79 Å². The molecule has 0 unspecified atom stereocenters. The molecule has 0 aromatic carbocycles. The Morgan fingerprint density at radius 3 is 2.92 bits per heavy atom. The van der Waals surface area contributed by atoms with Gasteiger partial charge in [-0.05, 0) is 28.1 Å². The van der Waals surface area contributed by atoms with E-state index in [-0.39, 0.29) is 11.1 Å². The molecular formula is C8H8BrClN2O. The average Bonchev–Trinajstić information content (AvgIpc) is 2.09. The largest absolute Gasteiger partial charge is 0.323 e. The highest BCUT2D eigenvalue weighted by molar-refractivity contribution is 9.10. The molecule has 1 rings (SSSR count). The summed E-state index contributed by atoms with van der Waals surface area (Å²) < 4.78 is 0.645. The van der Waals surface area contributed by atoms with Crippen LogP contribution in [0.15, 0.2) is 16.7 Å². The maximum Gasteiger partial charge on any atom is 0.224 e. The molecule has 1 heterocycles. The van der Waals surface area contributed by atoms with Gasteiger partial charge in [0, 0.05) is 6.42 Å². The fraction of sp³-hybridized carbons (Fsp3) is 0.250. The van der Waals surface area contributed by atoms with E-state index in [0.717, 1.165) is 0 Å². The summed E-state index contributed by atoms with van der Waals surface area (Å²) in [5.41, 5.74) is 0.539. The van der Waals surface area contributed by atoms with Crippen LogP contribution in [0.1, 0.15) is 13.3 Å². The normalized spacial score (nSPS) is 9.77. The van der Waals surface area contributed by atoms with Gasteiger partial charge in [0.1, 0.15) is 4.60 Å². The van der Waals surface area contributed by atoms with Gasteiger partial charge >= 0.3 is 0 Å². The fourth-order valence-corrected chi connectivity index (χ4v) is 1.36. The van der Waals surface area contributed by atoms with Gasteiger partial charge in [0.05, 0.1) is 5.69 Å². The van der Waals surface area contributed by atoms with E-state index in [1.165, 1.54) is 0 Å². The summed E-state index contributed by atoms with van der Waals surface area (Å²) in [5, 5.41) is 2.92. The lowest BCUT2D eigenvalue weighted by Crippen LogP contribution is -2.10. The summed E-state index contributed by atoms with van der Waals surface area (Å²) in [6, 6.07) is 3.42. The molecule has 0 atom stereocenters. The van der Waals surface area contributed by atoms with E-state index >= 15 is 0 Å². The number of amides is 1. The second-order valence-corrected chi connectivity index (χ2v) is 3.54. The molecule has 0 saturated carbocycles. The second-order valence-electron chi connectivity index (χ2n) is 2.37. The molecule has 1 aromatic rings. The van der Waals surface area contributed by atoms with Gasteiger partial charge < -0.3 is 5.32 Å². The Morgan fingerprint density at radius 2 is 2.38 bits per heavy atom. The van der Waals surface area contributed by atoms with Crippen LogP contribution in [0.3, 0.4) is 0 Å². The van der Waals surface area contributed by atoms with E-state index in [0.29, 0.717) is 16.7 Å². The Morgan fingerprint density at radius 1 is 1.69 bits per heavy atom. The summed E-state index contributed by atoms with van der Waals surface area (Å²) >= 11 is 8.95. The Kier molecular flexibility index (Phi) is 3.69. The van der Waals surface area contributed by atoms with Gasteiger partial charge in [-0.25, -0.2) is 4.98 Å². The van der Waals surface area contributed by atoms with Crippen LogP contribution in [0, 0.1) is 0 Å². The van der Waals surface area contributed by atoms with Crippen molar-refractivity contribution in [2.24, 2.45) is 0 Å². The number of hydrogen-bond acceptors (Lipinski definition) is 2. The number of anilines is 1. The molecule has 0 saturated heterocycles. The van der Waals surface area contributed by atoms with Crippen molar-refractivity contribution in [2.45, 2.75) is 13.3 Å². The van der Waals surface area contributed by atoms with Crippen molar-refractivity contribution < 1.29 is 4.79 Å². The first kappa shape index (κ1) is 10.5. The molecule has 1 N–H and O–H groups in total. The third kappa shape index (κ3) is 2.97. The number of aromatic nitrogens is 1. The predicted octanol–water partition coefficient (Wildman–Crippen LogP) is 2.85. The van der Waals surface area contributed by atoms with Crippen LogP contribution in [0.5, 0.6) is 0 Å². The van der Waals surface area contributed by atoms with Crippen molar-refractivity contribution in [3.63, 3.8) is 0 Å². The lowest BCUT2D eigenvalue weighted by Gasteiger charge is -2.04. The lowest BCUT2D eigenvalue weighted by molar-refractivity contribution is -0.115. The number of nitrogens with zero attached hydrogens (tertiary/aromatic N) is 1. The van der Waals surface area contributed by atoms with Crippen LogP contribution >= 0.6 is 27.5 Å². The van der Waals surface area contributed by atoms with E-state index in [4.69, 9.17) is 11.6 Å². The van der Waals surface area contributed by atoms with Crippen LogP contribution in [0.2, 0.25) is 5.15 Å². The molecule has 1 amide bonds. The van der Waals surface area contributed by atoms with E-state index in [1.807, 2.05) is 0 Å². The Labute approximate surface area is 89.6 Å². The standard InChI is InChI=1S/C8H8BrClN2O/c1-2-7(13)11-5-3-4-6(9)12-8(5)10/h3-4H,2H2,1H3,(H,11,13). The van der Waals surface area contributed by atoms with Gasteiger partial charge in [0.15, 0.2) is 5.15 Å². The maximum absolute atomic E-state index is 11.0. The third-order valence-electron chi connectivity index (χ3n) is 1.41. The summed E-state index contributed by atoms with van der Waals surface area (Å²) in [4.78, 5) is 14.9. The number of halogens is 2. The van der Waals surface area contributed by atoms with Crippen molar-refractivity contribution in [1.29, 1.82) is 0 Å². The molecule has 0 aliphatic carbocycles. The molecule has 70 valence electrons. The lowest BCUT2D eigenvalue weighted by atomic mass is 10.4. The summed E-state index contributed by atoms with van der Waals surface area (Å²) in [6.45, 7) is 1.77. The minimum Gasteiger partial charge on any atom is -0.323 e. The van der Waals surface area contributed by atoms with Gasteiger partial charge in [-0.2, -0.15) is 0 Å². The van der Waals surface area contributed by atoms with Crippen LogP contribution in [0.25, 0.3) is 0 Å². The predicted molar refractivity (Wildman–Crippen MR) is 55.9 cm³/mol. The topological polar surface area (TPSA) is 42.0 Å². The number of nitrogens with one attached hydrogen (secondary N) is 1. The molecule has 0 radical (unpaired) electrons. The van der Waals surface area contributed by atoms with Crippen LogP contribution in [-0.4, -0.2) is 10.9 Å². The molecule has 0 aliphatic heterocycles. The zero-order valence-electron chi connectivity index (χ0n) is 6.97. The first-order valence-electron chi connectivity index (χ1n) is 3.75. The van der Waals surface area contributed by atoms with Crippen LogP contribution in [0.4, 0.5) is 5.69 Å². The summed E-state index contributed by atoms with van der Waals surface area (Å²) in [5.74, 6) is -0.0778. The van der Waals surface area contributed by atoms with Crippen LogP contribution < -0.4 is 5.32 Å². The minimum atomic E-state index is -0.0778. The quantitative estimate of drug-likeness (QED) is 0.834. The zero-order valence-corrected chi connectivity index (χ0v) is 9.32. The minimum absolute atomic E-state index is 0.0778. The van der Waals surface area contributed by atoms with Gasteiger partial charge in [-0.1, -0.05) is 18.5 Å². The Balaban J connectivity index is 2.83. The SMILES string of the molecule is CCC(=O)Nc1ccc(Br)nc1Cl. The van der Waals surface area contributed by atoms with Crippen molar-refractivity contribution in [2.75, 3.05) is 5.32 Å². The number of carbonyl (C=O) groups excluding carboxylic acids is 1. The Hall–Kier alpha value is -0.610. The molecule has 0 fully saturated rings. The number of carbonyl (C=O) groups is 1. The fourth-order valence-electron chi connectivity index (χ4n) is 0.744. The molecule has 0 aliphatic rings. The second kappa shape index (κ2) is 4.58. The van der Waals surface area contributed by atoms with E-state index in [9.17, 15) is 4.79 Å². The highest BCUT2D eigenvalue weighted by Crippen LogP contribution is 2.21. The zero-order chi connectivity index (χ0) is 9.84. The first-order chi connectivity index (χ1) is 6.13. The number of pyridine rings is 1. The van der Waals surface area contributed by atoms with Gasteiger partial charge in [0.25, 0.3) is 0 Å². The molecular weight excluding hydrogens is 255 g/mol. The highest BCUT2D eigenvalue weighted by atomic mass is 79.9. The van der Waals surface area contributed by atoms with Crippen molar-refractivity contribution in [3.05, 3.63) is 21.9 Å². The summed E-state index contributed by atoms with van der Waals surface area (Å²) in [6.07, 6.45) is 0.423. The number of hydrogen-bond donors (Lipinski definition) is 1. The van der Waals surface area contributed by atoms with E-state index < -0.39 is 0 Å². The molecule has 1 aromatic heterocycles. The average molecular weight is 264 g/mol. The van der Waals surface area contributed by atoms with Crippen LogP contribution in [-0.2, 0) is 4.79 Å². The van der Waals surface area contributed by atoms with E-state index in [2.05, 4.69) is 26.2 Å². The molecule has 0 bridgehead atoms. The third-order valence-corrected chi connectivity index (χ3v) is 2.14. The van der Waals surface area contributed by atoms with Crippen molar-refractivity contribution in [3.8, 4) is 0 Å². The van der Waals surface area contributed by atoms with Gasteiger partial charge in [-0.15, -0.1) is 0 Å². The van der Waals surface area contributed by atoms with E-state index in [1.54, 1.807) is 19.1 Å². The van der Waals surface area contributed by atoms with Gasteiger partial charge in [0.2, 0.25) is 5.91 Å². The summed E-state index contributed by atoms with van der Waals surface area (Å²) in [7, 11) is 0. The molecule has 0 spiro atoms. The number of rotatable bonds is 2. The van der Waals surface area contributed by atoms with Crippen molar-refractivity contribution >= 4 is 39.1 Å². The highest BCUT2D eigenvalue weighted by Gasteiger charge is 2.04. The Bertz CT molecular complexity index is 330. The first-order valence-corrected chi connectivity index (χ1v) is 4.92. The molecule has 3 nitrogen and oxygen atoms in total. The smallest absolute Gasteiger partial charge is 0.224 e. The monoisotopic (exact) mass is 262 g/mol.